The van der Waals surface area contributed by atoms with Crippen molar-refractivity contribution < 1.29 is 0 Å². The Morgan fingerprint density at radius 3 is 1.55 bits per heavy atom. The lowest BCUT2D eigenvalue weighted by Crippen LogP contribution is -2.15. The number of nitrogens with one attached hydrogen (secondary N) is 1. The minimum atomic E-state index is -0.139. The number of benzene rings is 9. The summed E-state index contributed by atoms with van der Waals surface area (Å²) in [7, 11) is 0. The lowest BCUT2D eigenvalue weighted by atomic mass is 9.82. The number of rotatable bonds is 10. The predicted molar refractivity (Wildman–Crippen MR) is 270 cm³/mol. The molecule has 0 fully saturated rings. The van der Waals surface area contributed by atoms with Crippen LogP contribution in [0.3, 0.4) is 0 Å². The maximum Gasteiger partial charge on any atom is 0.152 e. The van der Waals surface area contributed by atoms with Gasteiger partial charge in [0.05, 0.1) is 5.71 Å². The summed E-state index contributed by atoms with van der Waals surface area (Å²) in [5, 5.41) is 8.94. The van der Waals surface area contributed by atoms with Crippen molar-refractivity contribution in [1.29, 1.82) is 5.41 Å². The van der Waals surface area contributed by atoms with Crippen LogP contribution in [0.2, 0.25) is 0 Å². The van der Waals surface area contributed by atoms with E-state index in [1.807, 2.05) is 36.4 Å². The zero-order chi connectivity index (χ0) is 43.5. The van der Waals surface area contributed by atoms with Crippen LogP contribution in [0.15, 0.2) is 242 Å². The second-order valence-corrected chi connectivity index (χ2v) is 16.8. The van der Waals surface area contributed by atoms with Crippen molar-refractivity contribution >= 4 is 34.7 Å². The maximum atomic E-state index is 8.94. The number of allylic oxidation sites excluding steroid dienone is 1. The SMILES string of the molecule is CC1(C)c2ccccc2-c2ccc(C(C=Cc3ccc(-c4ccc(N(c5ccccc5)c5ccc(-c6cccc(-c7ccccc7)c6)cc5)cc4)cc3)=NC(=N)c3ccccc3)cc21. The summed E-state index contributed by atoms with van der Waals surface area (Å²) >= 11 is 0. The third kappa shape index (κ3) is 8.03. The molecular formula is C61H47N3. The first kappa shape index (κ1) is 40.0. The van der Waals surface area contributed by atoms with E-state index < -0.39 is 0 Å². The molecule has 1 aliphatic rings. The van der Waals surface area contributed by atoms with E-state index in [4.69, 9.17) is 10.4 Å². The Morgan fingerprint density at radius 2 is 0.906 bits per heavy atom. The van der Waals surface area contributed by atoms with Gasteiger partial charge in [-0.05, 0) is 116 Å². The number of amidine groups is 1. The van der Waals surface area contributed by atoms with Gasteiger partial charge in [-0.2, -0.15) is 0 Å². The lowest BCUT2D eigenvalue weighted by Gasteiger charge is -2.26. The molecule has 306 valence electrons. The molecule has 1 aliphatic carbocycles. The van der Waals surface area contributed by atoms with Crippen LogP contribution in [0.5, 0.6) is 0 Å². The molecule has 9 aromatic rings. The minimum Gasteiger partial charge on any atom is -0.311 e. The molecule has 0 radical (unpaired) electrons. The Bertz CT molecular complexity index is 3150. The fourth-order valence-electron chi connectivity index (χ4n) is 8.94. The number of hydrogen-bond acceptors (Lipinski definition) is 2. The quantitative estimate of drug-likeness (QED) is 0.108. The van der Waals surface area contributed by atoms with Crippen LogP contribution in [0.25, 0.3) is 50.6 Å². The highest BCUT2D eigenvalue weighted by Gasteiger charge is 2.35. The van der Waals surface area contributed by atoms with Crippen molar-refractivity contribution in [3.05, 3.63) is 264 Å². The Hall–Kier alpha value is -8.14. The normalized spacial score (nSPS) is 12.8. The fraction of sp³-hybridized carbons (Fsp3) is 0.0492. The van der Waals surface area contributed by atoms with E-state index in [9.17, 15) is 0 Å². The summed E-state index contributed by atoms with van der Waals surface area (Å²) in [6.45, 7) is 4.58. The number of fused-ring (bicyclic) bond motifs is 3. The highest BCUT2D eigenvalue weighted by molar-refractivity contribution is 6.18. The summed E-state index contributed by atoms with van der Waals surface area (Å²) in [5.41, 5.74) is 18.9. The molecule has 0 saturated heterocycles. The highest BCUT2D eigenvalue weighted by atomic mass is 15.1. The second kappa shape index (κ2) is 17.3. The Morgan fingerprint density at radius 1 is 0.422 bits per heavy atom. The van der Waals surface area contributed by atoms with Gasteiger partial charge in [0.2, 0.25) is 0 Å². The molecule has 0 amide bonds. The van der Waals surface area contributed by atoms with Gasteiger partial charge in [0.1, 0.15) is 0 Å². The molecule has 0 bridgehead atoms. The molecule has 0 heterocycles. The van der Waals surface area contributed by atoms with Crippen LogP contribution in [-0.2, 0) is 5.41 Å². The molecule has 0 atom stereocenters. The van der Waals surface area contributed by atoms with Gasteiger partial charge < -0.3 is 4.90 Å². The van der Waals surface area contributed by atoms with E-state index in [1.165, 1.54) is 44.5 Å². The Kier molecular flexibility index (Phi) is 10.8. The summed E-state index contributed by atoms with van der Waals surface area (Å²) in [6.07, 6.45) is 4.14. The molecule has 3 heteroatoms. The monoisotopic (exact) mass is 821 g/mol. The van der Waals surface area contributed by atoms with Gasteiger partial charge in [-0.3, -0.25) is 5.41 Å². The summed E-state index contributed by atoms with van der Waals surface area (Å²) in [4.78, 5) is 7.23. The maximum absolute atomic E-state index is 8.94. The molecule has 10 rings (SSSR count). The molecule has 0 aliphatic heterocycles. The fourth-order valence-corrected chi connectivity index (χ4v) is 8.94. The third-order valence-corrected chi connectivity index (χ3v) is 12.4. The lowest BCUT2D eigenvalue weighted by molar-refractivity contribution is 0.660. The molecule has 0 saturated carbocycles. The van der Waals surface area contributed by atoms with E-state index in [2.05, 4.69) is 225 Å². The van der Waals surface area contributed by atoms with Gasteiger partial charge in [-0.1, -0.05) is 202 Å². The van der Waals surface area contributed by atoms with Crippen molar-refractivity contribution in [1.82, 2.24) is 0 Å². The van der Waals surface area contributed by atoms with Crippen LogP contribution in [0.1, 0.15) is 41.7 Å². The van der Waals surface area contributed by atoms with Gasteiger partial charge in [-0.25, -0.2) is 4.99 Å². The molecule has 0 spiro atoms. The van der Waals surface area contributed by atoms with Crippen molar-refractivity contribution in [2.45, 2.75) is 19.3 Å². The first-order chi connectivity index (χ1) is 31.4. The van der Waals surface area contributed by atoms with Crippen LogP contribution in [-0.4, -0.2) is 11.5 Å². The second-order valence-electron chi connectivity index (χ2n) is 16.8. The Balaban J connectivity index is 0.904. The van der Waals surface area contributed by atoms with Crippen LogP contribution in [0.4, 0.5) is 17.1 Å². The van der Waals surface area contributed by atoms with Crippen LogP contribution in [0, 0.1) is 5.41 Å². The van der Waals surface area contributed by atoms with Crippen molar-refractivity contribution in [3.8, 4) is 44.5 Å². The number of hydrogen-bond donors (Lipinski definition) is 1. The molecule has 9 aromatic carbocycles. The average Bonchev–Trinajstić information content (AvgIpc) is 3.59. The molecule has 64 heavy (non-hydrogen) atoms. The van der Waals surface area contributed by atoms with Crippen LogP contribution < -0.4 is 4.90 Å². The van der Waals surface area contributed by atoms with E-state index in [1.54, 1.807) is 0 Å². The van der Waals surface area contributed by atoms with E-state index in [0.717, 1.165) is 50.6 Å². The van der Waals surface area contributed by atoms with Gasteiger partial charge in [0.15, 0.2) is 5.84 Å². The van der Waals surface area contributed by atoms with Crippen molar-refractivity contribution in [3.63, 3.8) is 0 Å². The van der Waals surface area contributed by atoms with E-state index in [0.29, 0.717) is 0 Å². The highest BCUT2D eigenvalue weighted by Crippen LogP contribution is 2.49. The zero-order valence-electron chi connectivity index (χ0n) is 36.0. The summed E-state index contributed by atoms with van der Waals surface area (Å²) in [5.74, 6) is 0.231. The average molecular weight is 822 g/mol. The number of aliphatic imine (C=N–C) groups is 1. The molecule has 0 aromatic heterocycles. The smallest absolute Gasteiger partial charge is 0.152 e. The predicted octanol–water partition coefficient (Wildman–Crippen LogP) is 16.0. The number of anilines is 3. The van der Waals surface area contributed by atoms with E-state index >= 15 is 0 Å². The summed E-state index contributed by atoms with van der Waals surface area (Å²) in [6, 6.07) is 81.2. The molecule has 0 unspecified atom stereocenters. The summed E-state index contributed by atoms with van der Waals surface area (Å²) < 4.78 is 0. The Labute approximate surface area is 376 Å². The molecule has 3 nitrogen and oxygen atoms in total. The molecular weight excluding hydrogens is 775 g/mol. The topological polar surface area (TPSA) is 39.5 Å². The number of nitrogens with zero attached hydrogens (tertiary/aromatic N) is 2. The van der Waals surface area contributed by atoms with Crippen molar-refractivity contribution in [2.75, 3.05) is 4.90 Å². The van der Waals surface area contributed by atoms with Crippen LogP contribution >= 0.6 is 0 Å². The van der Waals surface area contributed by atoms with Gasteiger partial charge >= 0.3 is 0 Å². The first-order valence-electron chi connectivity index (χ1n) is 21.9. The first-order valence-corrected chi connectivity index (χ1v) is 21.9. The van der Waals surface area contributed by atoms with Gasteiger partial charge in [-0.15, -0.1) is 0 Å². The zero-order valence-corrected chi connectivity index (χ0v) is 36.0. The van der Waals surface area contributed by atoms with Gasteiger partial charge in [0, 0.05) is 33.6 Å². The minimum absolute atomic E-state index is 0.139. The largest absolute Gasteiger partial charge is 0.311 e. The van der Waals surface area contributed by atoms with E-state index in [-0.39, 0.29) is 11.3 Å². The van der Waals surface area contributed by atoms with Gasteiger partial charge in [0.25, 0.3) is 0 Å². The van der Waals surface area contributed by atoms with Crippen molar-refractivity contribution in [2.24, 2.45) is 4.99 Å². The number of para-hydroxylation sites is 1. The standard InChI is InChI=1S/C61H47N3/c1-61(2)57-24-13-12-23-55(57)56-39-34-51(42-58(56)61)59(63-60(62)48-17-8-4-9-18-48)40-27-43-25-28-45(29-26-43)46-30-35-53(36-31-46)64(52-21-10-5-11-22-52)54-37-32-47(33-38-54)50-20-14-19-49(41-50)44-15-6-3-7-16-44/h3-42,62H,1-2H3. The third-order valence-electron chi connectivity index (χ3n) is 12.4. The molecule has 1 N–H and O–H groups in total.